The predicted octanol–water partition coefficient (Wildman–Crippen LogP) is 5.86. The number of anilines is 1. The second-order valence-corrected chi connectivity index (χ2v) is 9.25. The summed E-state index contributed by atoms with van der Waals surface area (Å²) in [6.45, 7) is 14.4. The van der Waals surface area contributed by atoms with Gasteiger partial charge in [0.2, 0.25) is 0 Å². The summed E-state index contributed by atoms with van der Waals surface area (Å²) in [6.07, 6.45) is 7.86. The van der Waals surface area contributed by atoms with Crippen molar-refractivity contribution < 1.29 is 0 Å². The summed E-state index contributed by atoms with van der Waals surface area (Å²) in [7, 11) is 0. The average Bonchev–Trinajstić information content (AvgIpc) is 3.32. The van der Waals surface area contributed by atoms with E-state index in [1.54, 1.807) is 6.20 Å². The van der Waals surface area contributed by atoms with Crippen LogP contribution >= 0.6 is 0 Å². The summed E-state index contributed by atoms with van der Waals surface area (Å²) in [4.78, 5) is 16.8. The highest BCUT2D eigenvalue weighted by Crippen LogP contribution is 2.31. The molecule has 1 fully saturated rings. The number of nitrogens with one attached hydrogen (secondary N) is 1. The lowest BCUT2D eigenvalue weighted by atomic mass is 10.1. The molecule has 1 aromatic carbocycles. The van der Waals surface area contributed by atoms with Gasteiger partial charge < -0.3 is 11.1 Å². The van der Waals surface area contributed by atoms with E-state index in [4.69, 9.17) is 15.7 Å². The molecule has 1 aliphatic heterocycles. The van der Waals surface area contributed by atoms with Gasteiger partial charge in [0.15, 0.2) is 11.5 Å². The smallest absolute Gasteiger partial charge is 0.165 e. The van der Waals surface area contributed by atoms with Crippen molar-refractivity contribution in [1.82, 2.24) is 29.7 Å². The number of nitrogen functional groups attached to an aromatic ring is 1. The van der Waals surface area contributed by atoms with Gasteiger partial charge in [-0.2, -0.15) is 0 Å². The van der Waals surface area contributed by atoms with E-state index < -0.39 is 0 Å². The highest BCUT2D eigenvalue weighted by atomic mass is 15.2. The molecule has 4 aromatic rings. The zero-order chi connectivity index (χ0) is 27.1. The summed E-state index contributed by atoms with van der Waals surface area (Å²) >= 11 is 0. The molecule has 38 heavy (non-hydrogen) atoms. The fraction of sp³-hybridized carbons (Fsp3) is 0.323. The standard InChI is InChI=1S/C29H33N7.C2H6/c1-4-7-22(5-2)25-13-14-26-29(33-25)36(28(34-26)24-8-6-15-32-27(24)30)23-11-9-21(10-12-23)19-35-17-16-31-20(3)18-35;1-2/h4-15,20,31H,16-19H2,1-3H3,(H2,30,32);1-2H3/b7-4-,22-5+;/t20-;/m0./s1. The molecule has 0 spiro atoms. The molecule has 0 saturated carbocycles. The minimum absolute atomic E-state index is 0.446. The van der Waals surface area contributed by atoms with Crippen LogP contribution in [-0.2, 0) is 6.54 Å². The van der Waals surface area contributed by atoms with Crippen molar-refractivity contribution in [2.75, 3.05) is 25.4 Å². The molecular weight excluding hydrogens is 470 g/mol. The fourth-order valence-electron chi connectivity index (χ4n) is 4.82. The zero-order valence-corrected chi connectivity index (χ0v) is 23.1. The molecule has 0 bridgehead atoms. The van der Waals surface area contributed by atoms with Gasteiger partial charge in [0.1, 0.15) is 11.3 Å². The molecule has 198 valence electrons. The lowest BCUT2D eigenvalue weighted by Crippen LogP contribution is -2.48. The van der Waals surface area contributed by atoms with E-state index in [1.807, 2.05) is 58.0 Å². The van der Waals surface area contributed by atoms with Crippen LogP contribution in [0, 0.1) is 0 Å². The molecule has 3 aromatic heterocycles. The van der Waals surface area contributed by atoms with Gasteiger partial charge in [-0.1, -0.05) is 44.2 Å². The van der Waals surface area contributed by atoms with Crippen molar-refractivity contribution in [3.63, 3.8) is 0 Å². The number of hydrogen-bond acceptors (Lipinski definition) is 6. The lowest BCUT2D eigenvalue weighted by molar-refractivity contribution is 0.199. The van der Waals surface area contributed by atoms with E-state index in [0.717, 1.165) is 65.7 Å². The molecule has 3 N–H and O–H groups in total. The van der Waals surface area contributed by atoms with Crippen LogP contribution in [0.15, 0.2) is 73.0 Å². The van der Waals surface area contributed by atoms with Crippen molar-refractivity contribution in [2.45, 2.75) is 47.2 Å². The predicted molar refractivity (Wildman–Crippen MR) is 159 cm³/mol. The second-order valence-electron chi connectivity index (χ2n) is 9.25. The Balaban J connectivity index is 0.00000164. The normalized spacial score (nSPS) is 16.6. The first-order valence-electron chi connectivity index (χ1n) is 13.5. The van der Waals surface area contributed by atoms with Crippen LogP contribution < -0.4 is 11.1 Å². The van der Waals surface area contributed by atoms with Gasteiger partial charge in [-0.05, 0) is 68.3 Å². The van der Waals surface area contributed by atoms with Crippen molar-refractivity contribution in [3.05, 3.63) is 84.2 Å². The second kappa shape index (κ2) is 12.6. The highest BCUT2D eigenvalue weighted by molar-refractivity contribution is 5.85. The Hall–Kier alpha value is -3.81. The van der Waals surface area contributed by atoms with Gasteiger partial charge in [-0.3, -0.25) is 9.47 Å². The maximum atomic E-state index is 6.29. The number of rotatable bonds is 6. The number of nitrogens with zero attached hydrogens (tertiary/aromatic N) is 5. The fourth-order valence-corrected chi connectivity index (χ4v) is 4.82. The summed E-state index contributed by atoms with van der Waals surface area (Å²) in [5, 5.41) is 3.51. The largest absolute Gasteiger partial charge is 0.383 e. The van der Waals surface area contributed by atoms with E-state index in [9.17, 15) is 0 Å². The van der Waals surface area contributed by atoms with Gasteiger partial charge in [-0.15, -0.1) is 0 Å². The van der Waals surface area contributed by atoms with Gasteiger partial charge in [0.25, 0.3) is 0 Å². The summed E-state index contributed by atoms with van der Waals surface area (Å²) < 4.78 is 2.09. The quantitative estimate of drug-likeness (QED) is 0.317. The number of piperazine rings is 1. The third-order valence-corrected chi connectivity index (χ3v) is 6.59. The first kappa shape index (κ1) is 27.2. The summed E-state index contributed by atoms with van der Waals surface area (Å²) in [6, 6.07) is 17.1. The molecule has 1 atom stereocenters. The van der Waals surface area contributed by atoms with E-state index >= 15 is 0 Å². The Morgan fingerprint density at radius 2 is 1.87 bits per heavy atom. The van der Waals surface area contributed by atoms with Crippen molar-refractivity contribution in [1.29, 1.82) is 0 Å². The molecule has 7 nitrogen and oxygen atoms in total. The monoisotopic (exact) mass is 509 g/mol. The maximum absolute atomic E-state index is 6.29. The van der Waals surface area contributed by atoms with Crippen molar-refractivity contribution >= 4 is 22.6 Å². The Labute approximate surface area is 226 Å². The Bertz CT molecular complexity index is 1420. The lowest BCUT2D eigenvalue weighted by Gasteiger charge is -2.31. The molecule has 1 saturated heterocycles. The molecule has 7 heteroatoms. The number of benzene rings is 1. The van der Waals surface area contributed by atoms with Crippen LogP contribution in [0.4, 0.5) is 5.82 Å². The van der Waals surface area contributed by atoms with Crippen molar-refractivity contribution in [3.8, 4) is 17.1 Å². The molecule has 5 rings (SSSR count). The third kappa shape index (κ3) is 5.85. The molecule has 0 radical (unpaired) electrons. The maximum Gasteiger partial charge on any atom is 0.165 e. The summed E-state index contributed by atoms with van der Waals surface area (Å²) in [5.41, 5.74) is 12.9. The number of imidazole rings is 1. The van der Waals surface area contributed by atoms with E-state index in [0.29, 0.717) is 11.9 Å². The van der Waals surface area contributed by atoms with Gasteiger partial charge in [0.05, 0.1) is 11.3 Å². The minimum atomic E-state index is 0.446. The third-order valence-electron chi connectivity index (χ3n) is 6.59. The number of hydrogen-bond donors (Lipinski definition) is 2. The molecule has 4 heterocycles. The number of pyridine rings is 2. The Morgan fingerprint density at radius 3 is 2.55 bits per heavy atom. The first-order chi connectivity index (χ1) is 18.6. The molecule has 1 aliphatic rings. The van der Waals surface area contributed by atoms with Crippen molar-refractivity contribution in [2.24, 2.45) is 0 Å². The Morgan fingerprint density at radius 1 is 1.08 bits per heavy atom. The number of fused-ring (bicyclic) bond motifs is 1. The molecule has 0 amide bonds. The van der Waals surface area contributed by atoms with Gasteiger partial charge >= 0.3 is 0 Å². The van der Waals surface area contributed by atoms with E-state index in [1.165, 1.54) is 5.56 Å². The minimum Gasteiger partial charge on any atom is -0.383 e. The molecular formula is C31H39N7. The highest BCUT2D eigenvalue weighted by Gasteiger charge is 2.19. The van der Waals surface area contributed by atoms with Gasteiger partial charge in [-0.25, -0.2) is 15.0 Å². The van der Waals surface area contributed by atoms with Crippen LogP contribution in [0.5, 0.6) is 0 Å². The van der Waals surface area contributed by atoms with Gasteiger partial charge in [0, 0.05) is 44.1 Å². The number of nitrogens with two attached hydrogens (primary N) is 1. The van der Waals surface area contributed by atoms with Crippen LogP contribution in [0.1, 0.15) is 45.9 Å². The SMILES string of the molecule is C/C=C\C(=C/C)c1ccc2nc(-c3cccnc3N)n(-c3ccc(CN4CCN[C@@H](C)C4)cc3)c2n1.CC. The zero-order valence-electron chi connectivity index (χ0n) is 23.1. The topological polar surface area (TPSA) is 84.9 Å². The van der Waals surface area contributed by atoms with Crippen LogP contribution in [0.3, 0.4) is 0 Å². The van der Waals surface area contributed by atoms with E-state index in [2.05, 4.69) is 63.1 Å². The van der Waals surface area contributed by atoms with Crippen LogP contribution in [-0.4, -0.2) is 50.1 Å². The molecule has 0 unspecified atom stereocenters. The van der Waals surface area contributed by atoms with E-state index in [-0.39, 0.29) is 0 Å². The average molecular weight is 510 g/mol. The van der Waals surface area contributed by atoms with Crippen LogP contribution in [0.2, 0.25) is 0 Å². The van der Waals surface area contributed by atoms with Crippen LogP contribution in [0.25, 0.3) is 33.8 Å². The Kier molecular flexibility index (Phi) is 9.05. The summed E-state index contributed by atoms with van der Waals surface area (Å²) in [5.74, 6) is 1.18. The first-order valence-corrected chi connectivity index (χ1v) is 13.5. The molecule has 0 aliphatic carbocycles. The number of aromatic nitrogens is 4. The number of allylic oxidation sites excluding steroid dienone is 4.